The zero-order chi connectivity index (χ0) is 14.4. The number of aliphatic carboxylic acids is 1. The van der Waals surface area contributed by atoms with Crippen molar-refractivity contribution in [1.82, 2.24) is 4.90 Å². The van der Waals surface area contributed by atoms with Gasteiger partial charge in [0.1, 0.15) is 0 Å². The van der Waals surface area contributed by atoms with Gasteiger partial charge in [0.25, 0.3) is 0 Å². The number of hydrogen-bond donors (Lipinski definition) is 2. The number of carboxylic acids is 1. The van der Waals surface area contributed by atoms with Crippen molar-refractivity contribution < 1.29 is 15.0 Å². The number of hydrogen-bond acceptors (Lipinski definition) is 3. The van der Waals surface area contributed by atoms with Crippen LogP contribution in [0, 0.1) is 0 Å². The molecule has 1 aromatic rings. The molecule has 0 aliphatic heterocycles. The minimum absolute atomic E-state index is 0.277. The van der Waals surface area contributed by atoms with Crippen molar-refractivity contribution in [1.29, 1.82) is 0 Å². The van der Waals surface area contributed by atoms with Gasteiger partial charge in [0.2, 0.25) is 0 Å². The maximum atomic E-state index is 10.9. The van der Waals surface area contributed by atoms with E-state index < -0.39 is 11.9 Å². The van der Waals surface area contributed by atoms with E-state index in [9.17, 15) is 9.90 Å². The highest BCUT2D eigenvalue weighted by Gasteiger charge is 2.13. The van der Waals surface area contributed by atoms with Crippen LogP contribution in [-0.4, -0.2) is 40.8 Å². The van der Waals surface area contributed by atoms with E-state index >= 15 is 0 Å². The molecule has 1 rings (SSSR count). The van der Waals surface area contributed by atoms with Gasteiger partial charge in [0.15, 0.2) is 0 Å². The summed E-state index contributed by atoms with van der Waals surface area (Å²) in [5.74, 6) is -1.27. The molecular weight excluding hydrogens is 242 g/mol. The molecule has 19 heavy (non-hydrogen) atoms. The smallest absolute Gasteiger partial charge is 0.310 e. The third-order valence-corrected chi connectivity index (χ3v) is 3.23. The topological polar surface area (TPSA) is 60.8 Å². The molecule has 2 atom stereocenters. The van der Waals surface area contributed by atoms with Gasteiger partial charge in [-0.15, -0.1) is 0 Å². The van der Waals surface area contributed by atoms with Gasteiger partial charge in [-0.3, -0.25) is 4.79 Å². The number of nitrogens with zero attached hydrogens (tertiary/aromatic N) is 1. The largest absolute Gasteiger partial charge is 0.481 e. The molecule has 0 saturated heterocycles. The summed E-state index contributed by atoms with van der Waals surface area (Å²) < 4.78 is 0. The Morgan fingerprint density at radius 1 is 1.26 bits per heavy atom. The number of carboxylic acid groups (broad SMARTS) is 1. The second-order valence-electron chi connectivity index (χ2n) is 5.18. The van der Waals surface area contributed by atoms with Gasteiger partial charge < -0.3 is 15.1 Å². The summed E-state index contributed by atoms with van der Waals surface area (Å²) in [4.78, 5) is 13.0. The van der Waals surface area contributed by atoms with Gasteiger partial charge in [-0.05, 0) is 38.4 Å². The van der Waals surface area contributed by atoms with Crippen molar-refractivity contribution in [3.05, 3.63) is 35.4 Å². The number of carbonyl (C=O) groups is 1. The highest BCUT2D eigenvalue weighted by molar-refractivity contribution is 5.75. The van der Waals surface area contributed by atoms with Crippen LogP contribution in [0.4, 0.5) is 0 Å². The van der Waals surface area contributed by atoms with Crippen LogP contribution in [0.1, 0.15) is 37.3 Å². The Bertz CT molecular complexity index is 400. The number of aliphatic hydroxyl groups excluding tert-OH is 1. The van der Waals surface area contributed by atoms with Crippen molar-refractivity contribution in [3.63, 3.8) is 0 Å². The molecule has 1 aromatic carbocycles. The van der Waals surface area contributed by atoms with E-state index in [0.717, 1.165) is 30.6 Å². The molecule has 0 aromatic heterocycles. The third kappa shape index (κ3) is 5.41. The van der Waals surface area contributed by atoms with Crippen molar-refractivity contribution in [2.24, 2.45) is 0 Å². The molecule has 0 spiro atoms. The van der Waals surface area contributed by atoms with Crippen LogP contribution in [0.15, 0.2) is 24.3 Å². The third-order valence-electron chi connectivity index (χ3n) is 3.23. The molecule has 2 N–H and O–H groups in total. The molecular formula is C15H23NO3. The molecule has 0 saturated carbocycles. The first-order valence-corrected chi connectivity index (χ1v) is 6.58. The molecule has 0 aliphatic carbocycles. The van der Waals surface area contributed by atoms with Crippen LogP contribution >= 0.6 is 0 Å². The lowest BCUT2D eigenvalue weighted by Crippen LogP contribution is -2.22. The van der Waals surface area contributed by atoms with Crippen LogP contribution in [0.25, 0.3) is 0 Å². The van der Waals surface area contributed by atoms with E-state index in [1.807, 2.05) is 31.3 Å². The van der Waals surface area contributed by atoms with Crippen LogP contribution < -0.4 is 0 Å². The molecule has 0 heterocycles. The quantitative estimate of drug-likeness (QED) is 0.792. The highest BCUT2D eigenvalue weighted by atomic mass is 16.4. The summed E-state index contributed by atoms with van der Waals surface area (Å²) >= 11 is 0. The minimum Gasteiger partial charge on any atom is -0.481 e. The summed E-state index contributed by atoms with van der Waals surface area (Å²) in [5.41, 5.74) is 1.97. The maximum absolute atomic E-state index is 10.9. The van der Waals surface area contributed by atoms with E-state index in [1.165, 1.54) is 0 Å². The van der Waals surface area contributed by atoms with Crippen molar-refractivity contribution in [2.75, 3.05) is 13.6 Å². The van der Waals surface area contributed by atoms with E-state index in [1.54, 1.807) is 13.8 Å². The Morgan fingerprint density at radius 2 is 1.84 bits per heavy atom. The number of rotatable bonds is 7. The van der Waals surface area contributed by atoms with Gasteiger partial charge in [-0.1, -0.05) is 24.3 Å². The van der Waals surface area contributed by atoms with Crippen molar-refractivity contribution >= 4 is 5.97 Å². The van der Waals surface area contributed by atoms with Crippen molar-refractivity contribution in [3.8, 4) is 0 Å². The van der Waals surface area contributed by atoms with E-state index in [0.29, 0.717) is 0 Å². The molecule has 0 amide bonds. The van der Waals surface area contributed by atoms with Crippen LogP contribution in [0.5, 0.6) is 0 Å². The normalized spacial score (nSPS) is 14.4. The van der Waals surface area contributed by atoms with Gasteiger partial charge in [-0.25, -0.2) is 0 Å². The van der Waals surface area contributed by atoms with Crippen LogP contribution in [0.3, 0.4) is 0 Å². The fourth-order valence-corrected chi connectivity index (χ4v) is 1.85. The summed E-state index contributed by atoms with van der Waals surface area (Å²) in [6.07, 6.45) is 0.478. The fraction of sp³-hybridized carbons (Fsp3) is 0.533. The summed E-state index contributed by atoms with van der Waals surface area (Å²) in [6, 6.07) is 7.68. The maximum Gasteiger partial charge on any atom is 0.310 e. The summed E-state index contributed by atoms with van der Waals surface area (Å²) in [6.45, 7) is 5.11. The molecule has 0 radical (unpaired) electrons. The Kier molecular flexibility index (Phi) is 5.99. The zero-order valence-electron chi connectivity index (χ0n) is 11.8. The second-order valence-corrected chi connectivity index (χ2v) is 5.18. The van der Waals surface area contributed by atoms with E-state index in [4.69, 9.17) is 5.11 Å². The molecule has 106 valence electrons. The first kappa shape index (κ1) is 15.7. The van der Waals surface area contributed by atoms with Crippen LogP contribution in [0.2, 0.25) is 0 Å². The van der Waals surface area contributed by atoms with E-state index in [-0.39, 0.29) is 6.10 Å². The lowest BCUT2D eigenvalue weighted by atomic mass is 10.00. The standard InChI is InChI=1S/C15H23NO3/c1-11(17)8-9-16(3)10-13-4-6-14(7-5-13)12(2)15(18)19/h4-7,11-12,17H,8-10H2,1-3H3,(H,18,19). The molecule has 4 nitrogen and oxygen atoms in total. The Labute approximate surface area is 114 Å². The Balaban J connectivity index is 2.54. The molecule has 2 unspecified atom stereocenters. The van der Waals surface area contributed by atoms with Gasteiger partial charge in [0.05, 0.1) is 12.0 Å². The van der Waals surface area contributed by atoms with Gasteiger partial charge in [-0.2, -0.15) is 0 Å². The lowest BCUT2D eigenvalue weighted by Gasteiger charge is -2.18. The first-order valence-electron chi connectivity index (χ1n) is 6.58. The highest BCUT2D eigenvalue weighted by Crippen LogP contribution is 2.16. The fourth-order valence-electron chi connectivity index (χ4n) is 1.85. The number of benzene rings is 1. The second kappa shape index (κ2) is 7.26. The lowest BCUT2D eigenvalue weighted by molar-refractivity contribution is -0.138. The van der Waals surface area contributed by atoms with Crippen LogP contribution in [-0.2, 0) is 11.3 Å². The zero-order valence-corrected chi connectivity index (χ0v) is 11.8. The molecule has 0 fully saturated rings. The predicted octanol–water partition coefficient (Wildman–Crippen LogP) is 2.08. The monoisotopic (exact) mass is 265 g/mol. The molecule has 4 heteroatoms. The minimum atomic E-state index is -0.804. The SMILES string of the molecule is CC(O)CCN(C)Cc1ccc(C(C)C(=O)O)cc1. The predicted molar refractivity (Wildman–Crippen MR) is 75.1 cm³/mol. The summed E-state index contributed by atoms with van der Waals surface area (Å²) in [5, 5.41) is 18.2. The molecule has 0 bridgehead atoms. The average Bonchev–Trinajstić information content (AvgIpc) is 2.36. The molecule has 0 aliphatic rings. The van der Waals surface area contributed by atoms with Gasteiger partial charge in [0, 0.05) is 13.1 Å². The Morgan fingerprint density at radius 3 is 2.32 bits per heavy atom. The average molecular weight is 265 g/mol. The first-order chi connectivity index (χ1) is 8.90. The van der Waals surface area contributed by atoms with E-state index in [2.05, 4.69) is 4.90 Å². The number of aliphatic hydroxyl groups is 1. The van der Waals surface area contributed by atoms with Gasteiger partial charge >= 0.3 is 5.97 Å². The Hall–Kier alpha value is -1.39. The van der Waals surface area contributed by atoms with Crippen molar-refractivity contribution in [2.45, 2.75) is 38.8 Å². The summed E-state index contributed by atoms with van der Waals surface area (Å²) in [7, 11) is 2.01.